The largest absolute Gasteiger partial charge is 0.0622 e. The van der Waals surface area contributed by atoms with Crippen molar-refractivity contribution in [2.24, 2.45) is 0 Å². The smallest absolute Gasteiger partial charge is 0.0187 e. The van der Waals surface area contributed by atoms with Crippen LogP contribution in [0.1, 0.15) is 41.5 Å². The van der Waals surface area contributed by atoms with Crippen molar-refractivity contribution in [2.45, 2.75) is 39.5 Å². The van der Waals surface area contributed by atoms with Crippen LogP contribution in [0.25, 0.3) is 0 Å². The molecule has 2 rings (SSSR count). The average Bonchev–Trinajstić information content (AvgIpc) is 2.41. The number of aryl methyl sites for hydroxylation is 2. The Labute approximate surface area is 111 Å². The molecule has 0 fully saturated rings. The van der Waals surface area contributed by atoms with E-state index in [9.17, 15) is 0 Å². The molecule has 0 saturated carbocycles. The van der Waals surface area contributed by atoms with Gasteiger partial charge in [-0.3, -0.25) is 0 Å². The summed E-state index contributed by atoms with van der Waals surface area (Å²) in [6, 6.07) is 17.4. The highest BCUT2D eigenvalue weighted by atomic mass is 14.1. The lowest BCUT2D eigenvalue weighted by molar-refractivity contribution is 0.677. The van der Waals surface area contributed by atoms with Crippen molar-refractivity contribution < 1.29 is 0 Å². The third kappa shape index (κ3) is 3.01. The Morgan fingerprint density at radius 2 is 1.61 bits per heavy atom. The molecule has 0 aromatic heterocycles. The van der Waals surface area contributed by atoms with E-state index in [0.29, 0.717) is 5.92 Å². The molecule has 2 aromatic carbocycles. The van der Waals surface area contributed by atoms with E-state index < -0.39 is 0 Å². The first kappa shape index (κ1) is 12.9. The Bertz CT molecular complexity index is 497. The molecule has 0 saturated heterocycles. The quantitative estimate of drug-likeness (QED) is 0.700. The van der Waals surface area contributed by atoms with E-state index in [1.165, 1.54) is 35.1 Å². The predicted octanol–water partition coefficient (Wildman–Crippen LogP) is 5.04. The van der Waals surface area contributed by atoms with Gasteiger partial charge in [0.25, 0.3) is 0 Å². The Morgan fingerprint density at radius 3 is 2.33 bits per heavy atom. The Balaban J connectivity index is 2.02. The highest BCUT2D eigenvalue weighted by molar-refractivity contribution is 5.33. The van der Waals surface area contributed by atoms with Gasteiger partial charge in [0.2, 0.25) is 0 Å². The SMILES string of the molecule is Cc1cccc(CCC(C)c2ccccc2)c1C. The summed E-state index contributed by atoms with van der Waals surface area (Å²) < 4.78 is 0. The van der Waals surface area contributed by atoms with Crippen LogP contribution in [-0.2, 0) is 6.42 Å². The van der Waals surface area contributed by atoms with Gasteiger partial charge in [0.15, 0.2) is 0 Å². The summed E-state index contributed by atoms with van der Waals surface area (Å²) in [5, 5.41) is 0. The molecule has 0 spiro atoms. The molecule has 0 amide bonds. The summed E-state index contributed by atoms with van der Waals surface area (Å²) in [7, 11) is 0. The Morgan fingerprint density at radius 1 is 0.889 bits per heavy atom. The molecule has 0 aliphatic rings. The van der Waals surface area contributed by atoms with Crippen molar-refractivity contribution in [2.75, 3.05) is 0 Å². The summed E-state index contributed by atoms with van der Waals surface area (Å²) in [4.78, 5) is 0. The molecule has 18 heavy (non-hydrogen) atoms. The lowest BCUT2D eigenvalue weighted by Crippen LogP contribution is -1.98. The van der Waals surface area contributed by atoms with Crippen LogP contribution in [0.15, 0.2) is 48.5 Å². The molecule has 0 aliphatic heterocycles. The van der Waals surface area contributed by atoms with Crippen molar-refractivity contribution in [3.8, 4) is 0 Å². The van der Waals surface area contributed by atoms with Crippen molar-refractivity contribution in [1.29, 1.82) is 0 Å². The minimum Gasteiger partial charge on any atom is -0.0622 e. The van der Waals surface area contributed by atoms with Gasteiger partial charge in [0.05, 0.1) is 0 Å². The summed E-state index contributed by atoms with van der Waals surface area (Å²) in [5.74, 6) is 0.631. The zero-order valence-electron chi connectivity index (χ0n) is 11.6. The fourth-order valence-electron chi connectivity index (χ4n) is 2.40. The first-order valence-electron chi connectivity index (χ1n) is 6.78. The third-order valence-electron chi connectivity index (χ3n) is 3.93. The molecule has 0 heterocycles. The summed E-state index contributed by atoms with van der Waals surface area (Å²) >= 11 is 0. The van der Waals surface area contributed by atoms with Gasteiger partial charge in [-0.15, -0.1) is 0 Å². The maximum absolute atomic E-state index is 2.32. The van der Waals surface area contributed by atoms with Gasteiger partial charge in [-0.05, 0) is 54.9 Å². The van der Waals surface area contributed by atoms with Crippen LogP contribution < -0.4 is 0 Å². The van der Waals surface area contributed by atoms with Gasteiger partial charge < -0.3 is 0 Å². The van der Waals surface area contributed by atoms with Gasteiger partial charge in [0, 0.05) is 0 Å². The molecule has 2 aromatic rings. The molecule has 0 heteroatoms. The van der Waals surface area contributed by atoms with Crippen LogP contribution in [0, 0.1) is 13.8 Å². The van der Waals surface area contributed by atoms with Gasteiger partial charge in [-0.2, -0.15) is 0 Å². The molecule has 0 aliphatic carbocycles. The second-order valence-electron chi connectivity index (χ2n) is 5.21. The van der Waals surface area contributed by atoms with Crippen molar-refractivity contribution in [1.82, 2.24) is 0 Å². The van der Waals surface area contributed by atoms with Gasteiger partial charge in [-0.25, -0.2) is 0 Å². The summed E-state index contributed by atoms with van der Waals surface area (Å²) in [5.41, 5.74) is 5.80. The van der Waals surface area contributed by atoms with E-state index >= 15 is 0 Å². The first-order chi connectivity index (χ1) is 8.68. The van der Waals surface area contributed by atoms with Crippen LogP contribution in [-0.4, -0.2) is 0 Å². The van der Waals surface area contributed by atoms with Gasteiger partial charge in [0.1, 0.15) is 0 Å². The molecule has 1 atom stereocenters. The van der Waals surface area contributed by atoms with E-state index in [-0.39, 0.29) is 0 Å². The standard InChI is InChI=1S/C18H22/c1-14-8-7-11-18(16(14)3)13-12-15(2)17-9-5-4-6-10-17/h4-11,15H,12-13H2,1-3H3. The lowest BCUT2D eigenvalue weighted by Gasteiger charge is -2.13. The second-order valence-corrected chi connectivity index (χ2v) is 5.21. The van der Waals surface area contributed by atoms with E-state index in [0.717, 1.165) is 0 Å². The maximum Gasteiger partial charge on any atom is -0.0187 e. The molecule has 0 N–H and O–H groups in total. The number of hydrogen-bond donors (Lipinski definition) is 0. The second kappa shape index (κ2) is 5.86. The van der Waals surface area contributed by atoms with E-state index in [1.54, 1.807) is 0 Å². The fourth-order valence-corrected chi connectivity index (χ4v) is 2.40. The summed E-state index contributed by atoms with van der Waals surface area (Å²) in [6.45, 7) is 6.75. The van der Waals surface area contributed by atoms with E-state index in [1.807, 2.05) is 0 Å². The Hall–Kier alpha value is -1.56. The number of benzene rings is 2. The lowest BCUT2D eigenvalue weighted by atomic mass is 9.92. The fraction of sp³-hybridized carbons (Fsp3) is 0.333. The topological polar surface area (TPSA) is 0 Å². The summed E-state index contributed by atoms with van der Waals surface area (Å²) in [6.07, 6.45) is 2.39. The van der Waals surface area contributed by atoms with Crippen LogP contribution in [0.5, 0.6) is 0 Å². The van der Waals surface area contributed by atoms with Crippen molar-refractivity contribution in [3.05, 3.63) is 70.8 Å². The van der Waals surface area contributed by atoms with Crippen LogP contribution >= 0.6 is 0 Å². The zero-order chi connectivity index (χ0) is 13.0. The van der Waals surface area contributed by atoms with Crippen LogP contribution in [0.3, 0.4) is 0 Å². The highest BCUT2D eigenvalue weighted by Gasteiger charge is 2.07. The molecular weight excluding hydrogens is 216 g/mol. The number of rotatable bonds is 4. The monoisotopic (exact) mass is 238 g/mol. The first-order valence-corrected chi connectivity index (χ1v) is 6.78. The zero-order valence-corrected chi connectivity index (χ0v) is 11.6. The minimum absolute atomic E-state index is 0.631. The molecular formula is C18H22. The van der Waals surface area contributed by atoms with Crippen LogP contribution in [0.2, 0.25) is 0 Å². The molecule has 0 bridgehead atoms. The average molecular weight is 238 g/mol. The molecule has 1 unspecified atom stereocenters. The van der Waals surface area contributed by atoms with Crippen molar-refractivity contribution >= 4 is 0 Å². The normalized spacial score (nSPS) is 12.4. The molecule has 0 radical (unpaired) electrons. The number of hydrogen-bond acceptors (Lipinski definition) is 0. The third-order valence-corrected chi connectivity index (χ3v) is 3.93. The Kier molecular flexibility index (Phi) is 4.19. The maximum atomic E-state index is 2.32. The minimum atomic E-state index is 0.631. The van der Waals surface area contributed by atoms with E-state index in [4.69, 9.17) is 0 Å². The highest BCUT2D eigenvalue weighted by Crippen LogP contribution is 2.22. The predicted molar refractivity (Wildman–Crippen MR) is 79.1 cm³/mol. The van der Waals surface area contributed by atoms with Gasteiger partial charge >= 0.3 is 0 Å². The molecule has 94 valence electrons. The van der Waals surface area contributed by atoms with Crippen LogP contribution in [0.4, 0.5) is 0 Å². The van der Waals surface area contributed by atoms with Crippen molar-refractivity contribution in [3.63, 3.8) is 0 Å². The van der Waals surface area contributed by atoms with Gasteiger partial charge in [-0.1, -0.05) is 55.5 Å². The van der Waals surface area contributed by atoms with E-state index in [2.05, 4.69) is 69.3 Å². The molecule has 0 nitrogen and oxygen atoms in total.